The average Bonchev–Trinajstić information content (AvgIpc) is 1.29. The van der Waals surface area contributed by atoms with Crippen molar-refractivity contribution in [1.29, 1.82) is 0 Å². The Bertz CT molecular complexity index is 3970. The molecule has 6 heterocycles. The van der Waals surface area contributed by atoms with Crippen LogP contribution in [0.5, 0.6) is 0 Å². The summed E-state index contributed by atoms with van der Waals surface area (Å²) in [5.74, 6) is 2.12. The number of aromatic amines is 1. The molecule has 0 unspecified atom stereocenters. The number of allylic oxidation sites excluding steroid dienone is 3. The molecule has 15 rings (SSSR count). The molecule has 528 valence electrons. The molecule has 102 heavy (non-hydrogen) atoms. The van der Waals surface area contributed by atoms with Gasteiger partial charge in [-0.1, -0.05) is 83.1 Å². The SMILES string of the molecule is CCOC(=O)N[C@@H]1CC[C@@H]2[C@H](Cc3n[nH]nc3[C@H]2/C=C/c2ccc(-c3cccc(F)c3)cn2)C1.CCOC(=O)N[C@@H]1CC[C@@H]2[C@H](Cc3nonc3[C@H]2/C=C/c2ccc(-c3cccc(F)c3)cn2)C1.CCOC(=O)N[C@@H]1CC[C@@H]2[C@H](Cc3nsnc3[C@H]2/C=C/c2ccc(-c3cccc(F)c3)cn2)C1. The molecular formula is C78H82F3N13O7S. The van der Waals surface area contributed by atoms with Crippen molar-refractivity contribution in [3.05, 3.63) is 215 Å². The molecule has 3 amide bonds. The second kappa shape index (κ2) is 33.1. The van der Waals surface area contributed by atoms with E-state index in [9.17, 15) is 27.6 Å². The van der Waals surface area contributed by atoms with E-state index >= 15 is 0 Å². The fraction of sp³-hybridized carbons (Fsp3) is 0.385. The van der Waals surface area contributed by atoms with Crippen molar-refractivity contribution in [1.82, 2.24) is 65.4 Å². The maximum Gasteiger partial charge on any atom is 0.407 e. The van der Waals surface area contributed by atoms with Crippen LogP contribution in [0.3, 0.4) is 0 Å². The summed E-state index contributed by atoms with van der Waals surface area (Å²) in [6, 6.07) is 31.6. The van der Waals surface area contributed by atoms with Crippen LogP contribution in [0, 0.1) is 53.0 Å². The first-order valence-corrected chi connectivity index (χ1v) is 36.1. The maximum absolute atomic E-state index is 13.5. The number of halogens is 3. The normalized spacial score (nSPS) is 23.8. The number of aromatic nitrogens is 10. The van der Waals surface area contributed by atoms with Gasteiger partial charge >= 0.3 is 18.3 Å². The Morgan fingerprint density at radius 2 is 0.873 bits per heavy atom. The Kier molecular flexibility index (Phi) is 22.8. The summed E-state index contributed by atoms with van der Waals surface area (Å²) in [5.41, 5.74) is 13.5. The molecule has 12 atom stereocenters. The van der Waals surface area contributed by atoms with Crippen molar-refractivity contribution in [3.63, 3.8) is 0 Å². The quantitative estimate of drug-likeness (QED) is 0.0696. The Hall–Kier alpha value is -10.2. The van der Waals surface area contributed by atoms with E-state index in [0.717, 1.165) is 162 Å². The monoisotopic (exact) mass is 1400 g/mol. The highest BCUT2D eigenvalue weighted by atomic mass is 32.1. The van der Waals surface area contributed by atoms with E-state index in [1.807, 2.05) is 80.6 Å². The lowest BCUT2D eigenvalue weighted by Crippen LogP contribution is -2.44. The van der Waals surface area contributed by atoms with Crippen LogP contribution in [0.25, 0.3) is 51.6 Å². The lowest BCUT2D eigenvalue weighted by molar-refractivity contribution is 0.127. The van der Waals surface area contributed by atoms with Gasteiger partial charge in [0.2, 0.25) is 0 Å². The second-order valence-electron chi connectivity index (χ2n) is 27.0. The lowest BCUT2D eigenvalue weighted by atomic mass is 9.64. The molecule has 0 saturated heterocycles. The van der Waals surface area contributed by atoms with Gasteiger partial charge in [0.15, 0.2) is 0 Å². The highest BCUT2D eigenvalue weighted by Crippen LogP contribution is 2.50. The standard InChI is InChI=1S/C26H28FN5O2.C26H27FN4O3.C26H27FN4O2S/c1-2-34-26(33)29-21-9-10-22-18(13-21)14-24-25(31-32-30-24)23(22)11-8-20-7-6-17(15-28-20)16-4-3-5-19(27)12-16;2*1-2-33-26(32)29-21-9-10-22-18(13-21)14-24-25(31-34-30-24)23(22)11-8-20-7-6-17(15-28-20)16-4-3-5-19(27)12-16/h3-8,11-12,15,18,21-23H,2,9-10,13-14H2,1H3,(H,29,33)(H,30,31,32);2*3-8,11-12,15,18,21-23H,2,9-10,13-14H2,1H3,(H,29,32)/b3*11-8+/t3*18-,21+,22+,23-/m000/s1. The smallest absolute Gasteiger partial charge is 0.407 e. The number of ether oxygens (including phenoxy) is 3. The first-order chi connectivity index (χ1) is 49.8. The first-order valence-electron chi connectivity index (χ1n) is 35.3. The van der Waals surface area contributed by atoms with Crippen LogP contribution in [0.1, 0.15) is 148 Å². The molecular weight excluding hydrogens is 1320 g/mol. The maximum atomic E-state index is 13.5. The Morgan fingerprint density at radius 1 is 0.471 bits per heavy atom. The van der Waals surface area contributed by atoms with Crippen molar-refractivity contribution in [2.75, 3.05) is 19.8 Å². The summed E-state index contributed by atoms with van der Waals surface area (Å²) >= 11 is 1.28. The third-order valence-electron chi connectivity index (χ3n) is 20.7. The fourth-order valence-corrected chi connectivity index (χ4v) is 16.6. The van der Waals surface area contributed by atoms with E-state index in [1.54, 1.807) is 43.7 Å². The minimum absolute atomic E-state index is 0.0771. The number of pyridine rings is 3. The van der Waals surface area contributed by atoms with E-state index in [-0.39, 0.29) is 71.6 Å². The molecule has 4 N–H and O–H groups in total. The van der Waals surface area contributed by atoms with Crippen molar-refractivity contribution >= 4 is 48.2 Å². The molecule has 3 aromatic carbocycles. The molecule has 0 aliphatic heterocycles. The van der Waals surface area contributed by atoms with Crippen LogP contribution in [-0.4, -0.2) is 106 Å². The Labute approximate surface area is 594 Å². The Balaban J connectivity index is 0.000000137. The number of H-pyrrole nitrogens is 1. The number of carbonyl (C=O) groups excluding carboxylic acids is 3. The number of nitrogens with zero attached hydrogens (tertiary/aromatic N) is 9. The molecule has 24 heteroatoms. The predicted molar refractivity (Wildman–Crippen MR) is 380 cm³/mol. The number of rotatable bonds is 15. The van der Waals surface area contributed by atoms with Gasteiger partial charge in [-0.25, -0.2) is 32.2 Å². The van der Waals surface area contributed by atoms with Gasteiger partial charge in [-0.05, 0) is 223 Å². The molecule has 0 radical (unpaired) electrons. The van der Waals surface area contributed by atoms with Crippen LogP contribution < -0.4 is 16.0 Å². The summed E-state index contributed by atoms with van der Waals surface area (Å²) in [6.45, 7) is 6.54. The molecule has 0 spiro atoms. The third kappa shape index (κ3) is 17.2. The van der Waals surface area contributed by atoms with Crippen LogP contribution in [0.4, 0.5) is 27.6 Å². The van der Waals surface area contributed by atoms with Gasteiger partial charge in [0.1, 0.15) is 28.8 Å². The van der Waals surface area contributed by atoms with Gasteiger partial charge in [0, 0.05) is 71.2 Å². The zero-order valence-corrected chi connectivity index (χ0v) is 57.9. The van der Waals surface area contributed by atoms with Gasteiger partial charge in [0.05, 0.1) is 71.4 Å². The molecule has 6 aliphatic carbocycles. The molecule has 9 aromatic rings. The average molecular weight is 1400 g/mol. The molecule has 6 aromatic heterocycles. The summed E-state index contributed by atoms with van der Waals surface area (Å²) < 4.78 is 70.1. The number of amides is 3. The van der Waals surface area contributed by atoms with Crippen molar-refractivity contribution < 1.29 is 46.4 Å². The fourth-order valence-electron chi connectivity index (χ4n) is 16.0. The van der Waals surface area contributed by atoms with E-state index in [0.29, 0.717) is 55.3 Å². The van der Waals surface area contributed by atoms with Crippen LogP contribution in [0.15, 0.2) is 151 Å². The zero-order valence-electron chi connectivity index (χ0n) is 57.0. The molecule has 20 nitrogen and oxygen atoms in total. The highest BCUT2D eigenvalue weighted by molar-refractivity contribution is 6.99. The van der Waals surface area contributed by atoms with Crippen LogP contribution in [0.2, 0.25) is 0 Å². The van der Waals surface area contributed by atoms with Gasteiger partial charge in [-0.2, -0.15) is 24.2 Å². The number of fused-ring (bicyclic) bond motifs is 6. The zero-order chi connectivity index (χ0) is 70.5. The third-order valence-corrected chi connectivity index (χ3v) is 21.3. The summed E-state index contributed by atoms with van der Waals surface area (Å²) in [6.07, 6.45) is 27.9. The molecule has 3 saturated carbocycles. The largest absolute Gasteiger partial charge is 0.450 e. The van der Waals surface area contributed by atoms with Gasteiger partial charge < -0.3 is 30.2 Å². The molecule has 6 aliphatic rings. The number of hydrogen-bond donors (Lipinski definition) is 4. The number of nitrogens with one attached hydrogen (secondary N) is 4. The van der Waals surface area contributed by atoms with E-state index in [1.165, 1.54) is 48.1 Å². The van der Waals surface area contributed by atoms with Crippen molar-refractivity contribution in [2.24, 2.45) is 35.5 Å². The summed E-state index contributed by atoms with van der Waals surface area (Å²) in [7, 11) is 0. The van der Waals surface area contributed by atoms with Gasteiger partial charge in [-0.15, -0.1) is 0 Å². The topological polar surface area (TPSA) is 260 Å². The van der Waals surface area contributed by atoms with Crippen molar-refractivity contribution in [2.45, 2.75) is 134 Å². The number of alkyl carbamates (subject to hydrolysis) is 3. The first kappa shape index (κ1) is 70.2. The highest BCUT2D eigenvalue weighted by Gasteiger charge is 2.45. The van der Waals surface area contributed by atoms with Crippen molar-refractivity contribution in [3.8, 4) is 33.4 Å². The molecule has 0 bridgehead atoms. The minimum Gasteiger partial charge on any atom is -0.450 e. The predicted octanol–water partition coefficient (Wildman–Crippen LogP) is 15.7. The lowest BCUT2D eigenvalue weighted by Gasteiger charge is -2.42. The van der Waals surface area contributed by atoms with E-state index in [4.69, 9.17) is 18.8 Å². The summed E-state index contributed by atoms with van der Waals surface area (Å²) in [5, 5.41) is 29.0. The van der Waals surface area contributed by atoms with Gasteiger partial charge in [-0.3, -0.25) is 15.0 Å². The second-order valence-corrected chi connectivity index (χ2v) is 27.5. The number of benzene rings is 3. The summed E-state index contributed by atoms with van der Waals surface area (Å²) in [4.78, 5) is 49.3. The minimum atomic E-state index is -0.352. The van der Waals surface area contributed by atoms with E-state index < -0.39 is 0 Å². The molecule has 3 fully saturated rings. The van der Waals surface area contributed by atoms with Crippen LogP contribution >= 0.6 is 11.7 Å². The number of hydrogen-bond acceptors (Lipinski definition) is 17. The van der Waals surface area contributed by atoms with Crippen LogP contribution in [-0.2, 0) is 33.5 Å². The van der Waals surface area contributed by atoms with E-state index in [2.05, 4.69) is 89.7 Å². The Morgan fingerprint density at radius 3 is 1.27 bits per heavy atom. The number of carbonyl (C=O) groups is 3. The van der Waals surface area contributed by atoms with Gasteiger partial charge in [0.25, 0.3) is 0 Å².